The summed E-state index contributed by atoms with van der Waals surface area (Å²) < 4.78 is 0. The van der Waals surface area contributed by atoms with Crippen molar-refractivity contribution >= 4 is 16.7 Å². The van der Waals surface area contributed by atoms with Crippen LogP contribution in [0.1, 0.15) is 18.9 Å². The van der Waals surface area contributed by atoms with E-state index in [0.29, 0.717) is 12.0 Å². The average molecular weight is 229 g/mol. The summed E-state index contributed by atoms with van der Waals surface area (Å²) in [6.45, 7) is 1.79. The Morgan fingerprint density at radius 1 is 1.24 bits per heavy atom. The summed E-state index contributed by atoms with van der Waals surface area (Å²) >= 11 is 0. The topological polar surface area (TPSA) is 63.3 Å². The van der Waals surface area contributed by atoms with Crippen LogP contribution in [0.3, 0.4) is 0 Å². The molecule has 17 heavy (non-hydrogen) atoms. The Balaban J connectivity index is 2.74. The van der Waals surface area contributed by atoms with Gasteiger partial charge in [0.1, 0.15) is 5.54 Å². The largest absolute Gasteiger partial charge is 0.480 e. The second-order valence-electron chi connectivity index (χ2n) is 4.16. The predicted molar refractivity (Wildman–Crippen MR) is 67.7 cm³/mol. The number of carboxylic acids is 1. The van der Waals surface area contributed by atoms with Crippen LogP contribution in [0, 0.1) is 0 Å². The number of nitrogens with two attached hydrogens (primary N) is 1. The standard InChI is InChI=1S/C14H15NO2/c1-2-14(15,13(16)17)12-9-5-7-10-6-3-4-8-11(10)12/h3-9H,2,15H2,1H3,(H,16,17)/t14-/m1/s1. The Morgan fingerprint density at radius 2 is 1.88 bits per heavy atom. The molecule has 0 saturated heterocycles. The zero-order valence-electron chi connectivity index (χ0n) is 9.68. The van der Waals surface area contributed by atoms with Gasteiger partial charge in [0.2, 0.25) is 0 Å². The smallest absolute Gasteiger partial charge is 0.328 e. The molecule has 0 aliphatic carbocycles. The van der Waals surface area contributed by atoms with Gasteiger partial charge in [-0.05, 0) is 22.8 Å². The van der Waals surface area contributed by atoms with Crippen LogP contribution in [0.4, 0.5) is 0 Å². The summed E-state index contributed by atoms with van der Waals surface area (Å²) in [7, 11) is 0. The molecule has 0 aliphatic rings. The van der Waals surface area contributed by atoms with Crippen molar-refractivity contribution in [3.05, 3.63) is 48.0 Å². The maximum absolute atomic E-state index is 11.4. The molecule has 3 N–H and O–H groups in total. The van der Waals surface area contributed by atoms with E-state index in [4.69, 9.17) is 5.73 Å². The van der Waals surface area contributed by atoms with E-state index < -0.39 is 11.5 Å². The molecule has 0 aromatic heterocycles. The summed E-state index contributed by atoms with van der Waals surface area (Å²) in [4.78, 5) is 11.4. The highest BCUT2D eigenvalue weighted by Gasteiger charge is 2.35. The summed E-state index contributed by atoms with van der Waals surface area (Å²) in [6.07, 6.45) is 0.357. The summed E-state index contributed by atoms with van der Waals surface area (Å²) in [5, 5.41) is 11.2. The lowest BCUT2D eigenvalue weighted by Crippen LogP contribution is -2.44. The molecule has 0 heterocycles. The second-order valence-corrected chi connectivity index (χ2v) is 4.16. The van der Waals surface area contributed by atoms with Gasteiger partial charge in [0, 0.05) is 0 Å². The molecular formula is C14H15NO2. The van der Waals surface area contributed by atoms with Crippen LogP contribution in [0.5, 0.6) is 0 Å². The maximum Gasteiger partial charge on any atom is 0.328 e. The molecule has 0 radical (unpaired) electrons. The molecule has 0 amide bonds. The van der Waals surface area contributed by atoms with E-state index in [1.165, 1.54) is 0 Å². The monoisotopic (exact) mass is 229 g/mol. The van der Waals surface area contributed by atoms with E-state index in [2.05, 4.69) is 0 Å². The average Bonchev–Trinajstić information content (AvgIpc) is 2.37. The Kier molecular flexibility index (Phi) is 2.86. The molecule has 2 aromatic carbocycles. The Labute approximate surface area is 99.9 Å². The van der Waals surface area contributed by atoms with Gasteiger partial charge in [0.05, 0.1) is 0 Å². The van der Waals surface area contributed by atoms with Gasteiger partial charge in [-0.15, -0.1) is 0 Å². The van der Waals surface area contributed by atoms with Crippen molar-refractivity contribution in [1.29, 1.82) is 0 Å². The highest BCUT2D eigenvalue weighted by Crippen LogP contribution is 2.29. The first kappa shape index (κ1) is 11.6. The lowest BCUT2D eigenvalue weighted by atomic mass is 9.85. The molecule has 0 aliphatic heterocycles. The second kappa shape index (κ2) is 4.18. The van der Waals surface area contributed by atoms with Gasteiger partial charge in [0.15, 0.2) is 0 Å². The zero-order valence-corrected chi connectivity index (χ0v) is 9.68. The minimum atomic E-state index is -1.32. The van der Waals surface area contributed by atoms with Crippen LogP contribution >= 0.6 is 0 Å². The van der Waals surface area contributed by atoms with Crippen LogP contribution < -0.4 is 5.73 Å². The van der Waals surface area contributed by atoms with Gasteiger partial charge in [-0.1, -0.05) is 49.4 Å². The first-order valence-electron chi connectivity index (χ1n) is 5.60. The fraction of sp³-hybridized carbons (Fsp3) is 0.214. The number of fused-ring (bicyclic) bond motifs is 1. The molecule has 0 saturated carbocycles. The minimum Gasteiger partial charge on any atom is -0.480 e. The van der Waals surface area contributed by atoms with Crippen molar-refractivity contribution < 1.29 is 9.90 Å². The highest BCUT2D eigenvalue weighted by molar-refractivity contribution is 5.92. The Hall–Kier alpha value is -1.87. The van der Waals surface area contributed by atoms with Crippen molar-refractivity contribution in [2.75, 3.05) is 0 Å². The van der Waals surface area contributed by atoms with Gasteiger partial charge >= 0.3 is 5.97 Å². The number of carboxylic acid groups (broad SMARTS) is 1. The van der Waals surface area contributed by atoms with Crippen molar-refractivity contribution in [2.45, 2.75) is 18.9 Å². The normalized spacial score (nSPS) is 14.5. The SMILES string of the molecule is CC[C@](N)(C(=O)O)c1cccc2ccccc12. The van der Waals surface area contributed by atoms with Gasteiger partial charge in [0.25, 0.3) is 0 Å². The molecule has 0 spiro atoms. The minimum absolute atomic E-state index is 0.357. The van der Waals surface area contributed by atoms with E-state index in [9.17, 15) is 9.90 Å². The Bertz CT molecular complexity index is 560. The van der Waals surface area contributed by atoms with Crippen LogP contribution in [-0.2, 0) is 10.3 Å². The molecule has 0 bridgehead atoms. The van der Waals surface area contributed by atoms with Crippen molar-refractivity contribution in [2.24, 2.45) is 5.73 Å². The molecule has 1 atom stereocenters. The van der Waals surface area contributed by atoms with E-state index in [1.807, 2.05) is 36.4 Å². The van der Waals surface area contributed by atoms with Crippen LogP contribution in [0.2, 0.25) is 0 Å². The summed E-state index contributed by atoms with van der Waals surface area (Å²) in [5.41, 5.74) is 5.38. The quantitative estimate of drug-likeness (QED) is 0.849. The highest BCUT2D eigenvalue weighted by atomic mass is 16.4. The summed E-state index contributed by atoms with van der Waals surface area (Å²) in [6, 6.07) is 13.3. The third-order valence-electron chi connectivity index (χ3n) is 3.21. The number of benzene rings is 2. The molecule has 3 heteroatoms. The predicted octanol–water partition coefficient (Wildman–Crippen LogP) is 2.49. The molecule has 88 valence electrons. The fourth-order valence-corrected chi connectivity index (χ4v) is 2.07. The van der Waals surface area contributed by atoms with E-state index in [0.717, 1.165) is 10.8 Å². The molecule has 3 nitrogen and oxygen atoms in total. The number of aliphatic carboxylic acids is 1. The first-order valence-corrected chi connectivity index (χ1v) is 5.60. The Morgan fingerprint density at radius 3 is 2.53 bits per heavy atom. The zero-order chi connectivity index (χ0) is 12.5. The molecule has 2 aromatic rings. The van der Waals surface area contributed by atoms with Gasteiger partial charge in [-0.25, -0.2) is 4.79 Å². The van der Waals surface area contributed by atoms with Crippen LogP contribution in [0.25, 0.3) is 10.8 Å². The van der Waals surface area contributed by atoms with Crippen molar-refractivity contribution in [3.63, 3.8) is 0 Å². The van der Waals surface area contributed by atoms with Crippen LogP contribution in [-0.4, -0.2) is 11.1 Å². The first-order chi connectivity index (χ1) is 8.09. The lowest BCUT2D eigenvalue weighted by Gasteiger charge is -2.25. The maximum atomic E-state index is 11.4. The van der Waals surface area contributed by atoms with E-state index in [1.54, 1.807) is 13.0 Å². The van der Waals surface area contributed by atoms with Crippen molar-refractivity contribution in [3.8, 4) is 0 Å². The third-order valence-corrected chi connectivity index (χ3v) is 3.21. The van der Waals surface area contributed by atoms with E-state index in [-0.39, 0.29) is 0 Å². The fourth-order valence-electron chi connectivity index (χ4n) is 2.07. The summed E-state index contributed by atoms with van der Waals surface area (Å²) in [5.74, 6) is -0.989. The van der Waals surface area contributed by atoms with E-state index >= 15 is 0 Å². The number of hydrogen-bond acceptors (Lipinski definition) is 2. The third kappa shape index (κ3) is 1.78. The molecular weight excluding hydrogens is 214 g/mol. The molecule has 0 fully saturated rings. The number of hydrogen-bond donors (Lipinski definition) is 2. The number of rotatable bonds is 3. The van der Waals surface area contributed by atoms with Gasteiger partial charge < -0.3 is 10.8 Å². The number of carbonyl (C=O) groups is 1. The molecule has 0 unspecified atom stereocenters. The lowest BCUT2D eigenvalue weighted by molar-refractivity contribution is -0.143. The van der Waals surface area contributed by atoms with Gasteiger partial charge in [-0.2, -0.15) is 0 Å². The van der Waals surface area contributed by atoms with Crippen LogP contribution in [0.15, 0.2) is 42.5 Å². The molecule has 2 rings (SSSR count). The van der Waals surface area contributed by atoms with Crippen molar-refractivity contribution in [1.82, 2.24) is 0 Å². The van der Waals surface area contributed by atoms with Gasteiger partial charge in [-0.3, -0.25) is 0 Å².